The van der Waals surface area contributed by atoms with Crippen molar-refractivity contribution in [2.24, 2.45) is 0 Å². The van der Waals surface area contributed by atoms with Gasteiger partial charge in [0.15, 0.2) is 21.5 Å². The van der Waals surface area contributed by atoms with Crippen molar-refractivity contribution in [3.63, 3.8) is 0 Å². The zero-order valence-corrected chi connectivity index (χ0v) is 10.5. The first-order valence-corrected chi connectivity index (χ1v) is 7.12. The van der Waals surface area contributed by atoms with Gasteiger partial charge in [-0.25, -0.2) is 21.6 Å². The predicted octanol–water partition coefficient (Wildman–Crippen LogP) is 1.62. The molecule has 0 bridgehead atoms. The normalized spacial score (nSPS) is 17.3. The maximum atomic E-state index is 13.8. The molecule has 1 saturated carbocycles. The summed E-state index contributed by atoms with van der Waals surface area (Å²) in [4.78, 5) is 9.63. The van der Waals surface area contributed by atoms with Crippen LogP contribution in [0.25, 0.3) is 0 Å². The highest BCUT2D eigenvalue weighted by molar-refractivity contribution is 7.90. The minimum atomic E-state index is -4.29. The van der Waals surface area contributed by atoms with Crippen LogP contribution < -0.4 is 0 Å². The summed E-state index contributed by atoms with van der Waals surface area (Å²) in [5.41, 5.74) is -2.30. The summed E-state index contributed by atoms with van der Waals surface area (Å²) in [5.74, 6) is -6.37. The highest BCUT2D eigenvalue weighted by Crippen LogP contribution is 2.50. The number of halogens is 3. The number of aliphatic carboxylic acids is 1. The number of benzene rings is 1. The number of hydrogen-bond acceptors (Lipinski definition) is 3. The maximum absolute atomic E-state index is 13.8. The minimum Gasteiger partial charge on any atom is -0.481 e. The molecule has 4 nitrogen and oxygen atoms in total. The summed E-state index contributed by atoms with van der Waals surface area (Å²) < 4.78 is 63.4. The van der Waals surface area contributed by atoms with E-state index in [1.807, 2.05) is 0 Å². The Bertz CT molecular complexity index is 678. The van der Waals surface area contributed by atoms with E-state index in [1.165, 1.54) is 0 Å². The molecule has 1 fully saturated rings. The van der Waals surface area contributed by atoms with Crippen LogP contribution in [-0.4, -0.2) is 25.7 Å². The lowest BCUT2D eigenvalue weighted by Gasteiger charge is -2.14. The molecule has 0 aromatic heterocycles. The number of carboxylic acids is 1. The molecule has 1 N–H and O–H groups in total. The van der Waals surface area contributed by atoms with E-state index in [-0.39, 0.29) is 12.8 Å². The van der Waals surface area contributed by atoms with Crippen molar-refractivity contribution in [2.45, 2.75) is 23.2 Å². The van der Waals surface area contributed by atoms with Crippen LogP contribution in [-0.2, 0) is 20.0 Å². The summed E-state index contributed by atoms with van der Waals surface area (Å²) in [6, 6.07) is 0.454. The van der Waals surface area contributed by atoms with Gasteiger partial charge in [0.2, 0.25) is 0 Å². The van der Waals surface area contributed by atoms with E-state index >= 15 is 0 Å². The van der Waals surface area contributed by atoms with Crippen molar-refractivity contribution >= 4 is 15.8 Å². The Morgan fingerprint density at radius 3 is 2.16 bits per heavy atom. The third kappa shape index (κ3) is 1.99. The van der Waals surface area contributed by atoms with Crippen molar-refractivity contribution in [2.75, 3.05) is 6.26 Å². The summed E-state index contributed by atoms with van der Waals surface area (Å²) in [5, 5.41) is 8.96. The second-order valence-electron chi connectivity index (χ2n) is 4.52. The van der Waals surface area contributed by atoms with Gasteiger partial charge in [0.05, 0.1) is 5.41 Å². The van der Waals surface area contributed by atoms with Gasteiger partial charge in [0, 0.05) is 11.8 Å². The Morgan fingerprint density at radius 1 is 1.26 bits per heavy atom. The van der Waals surface area contributed by atoms with Gasteiger partial charge in [0.25, 0.3) is 0 Å². The number of sulfone groups is 1. The van der Waals surface area contributed by atoms with E-state index in [9.17, 15) is 26.4 Å². The highest BCUT2D eigenvalue weighted by atomic mass is 32.2. The number of carboxylic acid groups (broad SMARTS) is 1. The highest BCUT2D eigenvalue weighted by Gasteiger charge is 2.54. The monoisotopic (exact) mass is 294 g/mol. The lowest BCUT2D eigenvalue weighted by molar-refractivity contribution is -0.140. The van der Waals surface area contributed by atoms with Crippen molar-refractivity contribution in [1.82, 2.24) is 0 Å². The van der Waals surface area contributed by atoms with Gasteiger partial charge in [-0.2, -0.15) is 0 Å². The van der Waals surface area contributed by atoms with Crippen LogP contribution in [0.3, 0.4) is 0 Å². The maximum Gasteiger partial charge on any atom is 0.314 e. The molecule has 2 rings (SSSR count). The van der Waals surface area contributed by atoms with E-state index < -0.39 is 49.1 Å². The van der Waals surface area contributed by atoms with Crippen molar-refractivity contribution in [3.05, 3.63) is 29.1 Å². The molecule has 19 heavy (non-hydrogen) atoms. The standard InChI is InChI=1S/C11H9F3O4S/c1-19(17,18)9-6(12)4-5(7(13)8(9)14)11(2-3-11)10(15)16/h4H,2-3H2,1H3,(H,15,16). The molecular formula is C11H9F3O4S. The van der Waals surface area contributed by atoms with Gasteiger partial charge < -0.3 is 5.11 Å². The molecule has 1 aromatic rings. The van der Waals surface area contributed by atoms with Crippen LogP contribution >= 0.6 is 0 Å². The van der Waals surface area contributed by atoms with E-state index in [2.05, 4.69) is 0 Å². The van der Waals surface area contributed by atoms with E-state index in [0.717, 1.165) is 0 Å². The van der Waals surface area contributed by atoms with Crippen LogP contribution in [0, 0.1) is 17.5 Å². The molecule has 0 saturated heterocycles. The van der Waals surface area contributed by atoms with Gasteiger partial charge in [0.1, 0.15) is 10.7 Å². The molecule has 1 aliphatic rings. The molecule has 1 aromatic carbocycles. The fourth-order valence-corrected chi connectivity index (χ4v) is 2.82. The second kappa shape index (κ2) is 3.96. The molecule has 0 unspecified atom stereocenters. The van der Waals surface area contributed by atoms with E-state index in [4.69, 9.17) is 5.11 Å². The lowest BCUT2D eigenvalue weighted by atomic mass is 9.95. The first-order valence-electron chi connectivity index (χ1n) is 5.22. The summed E-state index contributed by atoms with van der Waals surface area (Å²) >= 11 is 0. The number of rotatable bonds is 3. The average molecular weight is 294 g/mol. The first-order chi connectivity index (χ1) is 8.61. The molecule has 104 valence electrons. The van der Waals surface area contributed by atoms with Crippen LogP contribution in [0.5, 0.6) is 0 Å². The topological polar surface area (TPSA) is 71.4 Å². The Kier molecular flexibility index (Phi) is 2.89. The summed E-state index contributed by atoms with van der Waals surface area (Å²) in [7, 11) is -4.29. The molecule has 0 spiro atoms. The fraction of sp³-hybridized carbons (Fsp3) is 0.364. The molecule has 0 radical (unpaired) electrons. The molecule has 0 aliphatic heterocycles. The van der Waals surface area contributed by atoms with Crippen LogP contribution in [0.4, 0.5) is 13.2 Å². The van der Waals surface area contributed by atoms with Gasteiger partial charge in [-0.1, -0.05) is 0 Å². The minimum absolute atomic E-state index is 0.0519. The SMILES string of the molecule is CS(=O)(=O)c1c(F)cc(C2(C(=O)O)CC2)c(F)c1F. The lowest BCUT2D eigenvalue weighted by Crippen LogP contribution is -2.23. The average Bonchev–Trinajstić information content (AvgIpc) is 3.02. The van der Waals surface area contributed by atoms with Gasteiger partial charge in [-0.05, 0) is 18.9 Å². The van der Waals surface area contributed by atoms with Crippen LogP contribution in [0.2, 0.25) is 0 Å². The smallest absolute Gasteiger partial charge is 0.314 e. The van der Waals surface area contributed by atoms with Gasteiger partial charge in [-0.3, -0.25) is 4.79 Å². The first kappa shape index (κ1) is 13.9. The molecule has 0 atom stereocenters. The Labute approximate surface area is 106 Å². The van der Waals surface area contributed by atoms with Crippen molar-refractivity contribution in [1.29, 1.82) is 0 Å². The summed E-state index contributed by atoms with van der Waals surface area (Å²) in [6.45, 7) is 0. The summed E-state index contributed by atoms with van der Waals surface area (Å²) in [6.07, 6.45) is 0.643. The molecule has 8 heteroatoms. The Morgan fingerprint density at radius 2 is 1.79 bits per heavy atom. The van der Waals surface area contributed by atoms with Crippen molar-refractivity contribution < 1.29 is 31.5 Å². The molecule has 0 amide bonds. The number of carbonyl (C=O) groups is 1. The zero-order valence-electron chi connectivity index (χ0n) is 9.71. The quantitative estimate of drug-likeness (QED) is 0.860. The van der Waals surface area contributed by atoms with Crippen LogP contribution in [0.15, 0.2) is 11.0 Å². The third-order valence-corrected chi connectivity index (χ3v) is 4.28. The molecular weight excluding hydrogens is 285 g/mol. The zero-order chi connectivity index (χ0) is 14.6. The number of hydrogen-bond donors (Lipinski definition) is 1. The van der Waals surface area contributed by atoms with Crippen molar-refractivity contribution in [3.8, 4) is 0 Å². The van der Waals surface area contributed by atoms with Gasteiger partial charge >= 0.3 is 5.97 Å². The fourth-order valence-electron chi connectivity index (χ4n) is 1.99. The van der Waals surface area contributed by atoms with E-state index in [1.54, 1.807) is 0 Å². The second-order valence-corrected chi connectivity index (χ2v) is 6.48. The molecule has 0 heterocycles. The Hall–Kier alpha value is -1.57. The van der Waals surface area contributed by atoms with Gasteiger partial charge in [-0.15, -0.1) is 0 Å². The predicted molar refractivity (Wildman–Crippen MR) is 58.0 cm³/mol. The van der Waals surface area contributed by atoms with E-state index in [0.29, 0.717) is 12.3 Å². The van der Waals surface area contributed by atoms with Crippen LogP contribution in [0.1, 0.15) is 18.4 Å². The largest absolute Gasteiger partial charge is 0.481 e. The third-order valence-electron chi connectivity index (χ3n) is 3.16. The molecule has 1 aliphatic carbocycles. The Balaban J connectivity index is 2.74.